The molecule has 0 spiro atoms. The molecule has 1 unspecified atom stereocenters. The Morgan fingerprint density at radius 2 is 1.66 bits per heavy atom. The zero-order valence-electron chi connectivity index (χ0n) is 19.8. The van der Waals surface area contributed by atoms with E-state index in [-0.39, 0.29) is 62.6 Å². The van der Waals surface area contributed by atoms with Gasteiger partial charge in [-0.2, -0.15) is 6.08 Å². The first-order valence-corrected chi connectivity index (χ1v) is 13.2. The monoisotopic (exact) mass is 489 g/mol. The molecular weight excluding hydrogens is 451 g/mol. The van der Waals surface area contributed by atoms with Gasteiger partial charge in [0.05, 0.1) is 13.3 Å². The molecule has 0 bridgehead atoms. The van der Waals surface area contributed by atoms with Gasteiger partial charge in [-0.25, -0.2) is 11.3 Å². The standard InChI is InChI=1S/C24H39OSi.2ClH.Ti/c1-10-17-25-24(26(8,9)20-13-11-12-14-20)16-15-19(22(2,3)4)18-21(24)23(5,6)7;;;/h11,13,15,18H,10,12,16-17H2,1-9H3;2*1H;/q-1;;;+3/p-2. The minimum atomic E-state index is -1.93. The van der Waals surface area contributed by atoms with Gasteiger partial charge in [-0.1, -0.05) is 73.7 Å². The van der Waals surface area contributed by atoms with Crippen LogP contribution in [0.4, 0.5) is 0 Å². The Hall–Kier alpha value is 0.431. The molecule has 0 N–H and O–H groups in total. The van der Waals surface area contributed by atoms with Gasteiger partial charge in [0.2, 0.25) is 0 Å². The van der Waals surface area contributed by atoms with Crippen LogP contribution < -0.4 is 24.8 Å². The van der Waals surface area contributed by atoms with E-state index < -0.39 is 8.07 Å². The molecule has 29 heavy (non-hydrogen) atoms. The van der Waals surface area contributed by atoms with Crippen molar-refractivity contribution < 1.29 is 51.3 Å². The maximum atomic E-state index is 6.85. The molecule has 163 valence electrons. The van der Waals surface area contributed by atoms with Gasteiger partial charge in [-0.3, -0.25) is 6.08 Å². The molecule has 0 aromatic carbocycles. The van der Waals surface area contributed by atoms with E-state index in [0.717, 1.165) is 25.9 Å². The SMILES string of the molecule is CCCOC1([Si](C)(C)C2=[C-]CC=C2)CC=C(C(C)(C)C)C=C1C(C)(C)C.[Cl-].[Cl-].[Ti+3]. The van der Waals surface area contributed by atoms with Crippen LogP contribution in [0.15, 0.2) is 40.6 Å². The molecule has 0 fully saturated rings. The predicted octanol–water partition coefficient (Wildman–Crippen LogP) is 0.982. The van der Waals surface area contributed by atoms with Crippen molar-refractivity contribution in [1.82, 2.24) is 0 Å². The summed E-state index contributed by atoms with van der Waals surface area (Å²) in [5.74, 6) is 0. The largest absolute Gasteiger partial charge is 3.00 e. The summed E-state index contributed by atoms with van der Waals surface area (Å²) in [6.45, 7) is 22.0. The second-order valence-electron chi connectivity index (χ2n) is 10.4. The van der Waals surface area contributed by atoms with Gasteiger partial charge in [0.15, 0.2) is 0 Å². The zero-order chi connectivity index (χ0) is 19.8. The third kappa shape index (κ3) is 6.46. The first-order chi connectivity index (χ1) is 11.9. The smallest absolute Gasteiger partial charge is 1.00 e. The Morgan fingerprint density at radius 3 is 2.07 bits per heavy atom. The molecule has 0 saturated heterocycles. The molecule has 0 aromatic heterocycles. The summed E-state index contributed by atoms with van der Waals surface area (Å²) in [5, 5.41) is 1.24. The van der Waals surface area contributed by atoms with E-state index in [2.05, 4.69) is 91.9 Å². The van der Waals surface area contributed by atoms with Gasteiger partial charge in [0.25, 0.3) is 0 Å². The summed E-state index contributed by atoms with van der Waals surface area (Å²) in [6.07, 6.45) is 16.1. The predicted molar refractivity (Wildman–Crippen MR) is 117 cm³/mol. The van der Waals surface area contributed by atoms with Crippen molar-refractivity contribution in [3.63, 3.8) is 0 Å². The maximum Gasteiger partial charge on any atom is 3.00 e. The molecule has 0 heterocycles. The summed E-state index contributed by atoms with van der Waals surface area (Å²) in [7, 11) is -1.93. The van der Waals surface area contributed by atoms with E-state index in [1.165, 1.54) is 16.3 Å². The summed E-state index contributed by atoms with van der Waals surface area (Å²) in [5.41, 5.74) is 3.17. The van der Waals surface area contributed by atoms with Crippen molar-refractivity contribution in [1.29, 1.82) is 0 Å². The molecule has 1 radical (unpaired) electrons. The van der Waals surface area contributed by atoms with Crippen LogP contribution in [0.5, 0.6) is 0 Å². The normalized spacial score (nSPS) is 21.9. The summed E-state index contributed by atoms with van der Waals surface area (Å²) in [4.78, 5) is 0. The van der Waals surface area contributed by atoms with Crippen LogP contribution in [-0.2, 0) is 26.5 Å². The van der Waals surface area contributed by atoms with Gasteiger partial charge in [0.1, 0.15) is 0 Å². The van der Waals surface area contributed by atoms with Crippen molar-refractivity contribution in [2.45, 2.75) is 86.0 Å². The Kier molecular flexibility index (Phi) is 12.4. The number of allylic oxidation sites excluding steroid dienone is 6. The molecule has 2 rings (SSSR count). The molecule has 1 nitrogen and oxygen atoms in total. The summed E-state index contributed by atoms with van der Waals surface area (Å²) in [6, 6.07) is 0. The van der Waals surface area contributed by atoms with Crippen molar-refractivity contribution >= 4 is 8.07 Å². The van der Waals surface area contributed by atoms with Crippen LogP contribution in [-0.4, -0.2) is 19.9 Å². The van der Waals surface area contributed by atoms with Crippen LogP contribution in [0.25, 0.3) is 0 Å². The molecule has 5 heteroatoms. The first kappa shape index (κ1) is 31.6. The van der Waals surface area contributed by atoms with E-state index in [4.69, 9.17) is 4.74 Å². The van der Waals surface area contributed by atoms with Gasteiger partial charge in [0, 0.05) is 6.61 Å². The quantitative estimate of drug-likeness (QED) is 0.413. The second-order valence-corrected chi connectivity index (χ2v) is 15.0. The molecule has 2 aliphatic rings. The molecular formula is C24H39Cl2OSiTi. The Bertz CT molecular complexity index is 663. The minimum absolute atomic E-state index is 0. The van der Waals surface area contributed by atoms with Crippen LogP contribution in [0, 0.1) is 16.9 Å². The van der Waals surface area contributed by atoms with Gasteiger partial charge in [-0.15, -0.1) is 6.42 Å². The fourth-order valence-corrected chi connectivity index (χ4v) is 7.99. The number of hydrogen-bond acceptors (Lipinski definition) is 1. The van der Waals surface area contributed by atoms with Crippen molar-refractivity contribution in [2.75, 3.05) is 6.61 Å². The second kappa shape index (κ2) is 11.3. The third-order valence-electron chi connectivity index (χ3n) is 5.95. The topological polar surface area (TPSA) is 9.23 Å². The fourth-order valence-electron chi connectivity index (χ4n) is 4.28. The number of ether oxygens (including phenoxy) is 1. The van der Waals surface area contributed by atoms with Crippen molar-refractivity contribution in [2.24, 2.45) is 10.8 Å². The average Bonchev–Trinajstić information content (AvgIpc) is 3.05. The number of hydrogen-bond donors (Lipinski definition) is 0. The van der Waals surface area contributed by atoms with Crippen LogP contribution in [0.3, 0.4) is 0 Å². The maximum absolute atomic E-state index is 6.85. The first-order valence-electron chi connectivity index (χ1n) is 10.2. The van der Waals surface area contributed by atoms with Gasteiger partial charge in [-0.05, 0) is 34.8 Å². The van der Waals surface area contributed by atoms with E-state index >= 15 is 0 Å². The van der Waals surface area contributed by atoms with Crippen molar-refractivity contribution in [3.05, 3.63) is 46.7 Å². The van der Waals surface area contributed by atoms with Gasteiger partial charge < -0.3 is 29.6 Å². The number of rotatable bonds is 5. The fraction of sp³-hybridized carbons (Fsp3) is 0.667. The van der Waals surface area contributed by atoms with Gasteiger partial charge >= 0.3 is 21.7 Å². The van der Waals surface area contributed by atoms with Crippen LogP contribution in [0.2, 0.25) is 13.1 Å². The minimum Gasteiger partial charge on any atom is -1.00 e. The molecule has 0 amide bonds. The Morgan fingerprint density at radius 1 is 1.07 bits per heavy atom. The Balaban J connectivity index is 0. The van der Waals surface area contributed by atoms with E-state index in [1.54, 1.807) is 0 Å². The van der Waals surface area contributed by atoms with E-state index in [1.807, 2.05) is 0 Å². The zero-order valence-corrected chi connectivity index (χ0v) is 23.9. The van der Waals surface area contributed by atoms with E-state index in [9.17, 15) is 0 Å². The molecule has 1 atom stereocenters. The van der Waals surface area contributed by atoms with Crippen LogP contribution >= 0.6 is 0 Å². The molecule has 0 aliphatic heterocycles. The van der Waals surface area contributed by atoms with Crippen LogP contribution in [0.1, 0.15) is 67.7 Å². The summed E-state index contributed by atoms with van der Waals surface area (Å²) < 4.78 is 6.85. The number of halogens is 2. The average molecular weight is 490 g/mol. The molecule has 2 aliphatic carbocycles. The Labute approximate surface area is 208 Å². The summed E-state index contributed by atoms with van der Waals surface area (Å²) >= 11 is 0. The third-order valence-corrected chi connectivity index (χ3v) is 10.3. The molecule has 0 saturated carbocycles. The molecule has 0 aromatic rings. The van der Waals surface area contributed by atoms with Crippen molar-refractivity contribution in [3.8, 4) is 0 Å². The van der Waals surface area contributed by atoms with E-state index in [0.29, 0.717) is 0 Å².